The van der Waals surface area contributed by atoms with E-state index in [-0.39, 0.29) is 24.9 Å². The second-order valence-corrected chi connectivity index (χ2v) is 27.6. The largest absolute Gasteiger partial charge is 0.458 e. The fraction of sp³-hybridized carbons (Fsp3) is 0.735. The van der Waals surface area contributed by atoms with Crippen LogP contribution in [-0.2, 0) is 97.3 Å². The summed E-state index contributed by atoms with van der Waals surface area (Å²) in [4.78, 5) is 165. The number of carbonyl (C=O) groups is 12. The van der Waals surface area contributed by atoms with E-state index < -0.39 is 191 Å². The van der Waals surface area contributed by atoms with Gasteiger partial charge in [-0.05, 0) is 108 Å². The van der Waals surface area contributed by atoms with Gasteiger partial charge in [-0.15, -0.1) is 0 Å². The minimum atomic E-state index is -1.56. The molecule has 0 spiro atoms. The van der Waals surface area contributed by atoms with Crippen LogP contribution in [0.4, 0.5) is 0 Å². The summed E-state index contributed by atoms with van der Waals surface area (Å²) in [5.74, 6) is -15.3. The zero-order valence-electron chi connectivity index (χ0n) is 59.6. The normalized spacial score (nSPS) is 16.3. The Bertz CT molecular complexity index is 2640. The van der Waals surface area contributed by atoms with Gasteiger partial charge in [0, 0.05) is 11.8 Å². The molecule has 0 bridgehead atoms. The molecule has 1 aromatic carbocycles. The third-order valence-corrected chi connectivity index (χ3v) is 15.3. The van der Waals surface area contributed by atoms with Crippen molar-refractivity contribution in [3.8, 4) is 0 Å². The summed E-state index contributed by atoms with van der Waals surface area (Å²) >= 11 is 0. The summed E-state index contributed by atoms with van der Waals surface area (Å²) in [5.41, 5.74) is 0.00945. The van der Waals surface area contributed by atoms with E-state index in [0.29, 0.717) is 12.8 Å². The predicted molar refractivity (Wildman–Crippen MR) is 346 cm³/mol. The Kier molecular flexibility index (Phi) is 35.6. The van der Waals surface area contributed by atoms with Crippen molar-refractivity contribution in [2.24, 2.45) is 53.3 Å². The molecule has 0 heterocycles. The molecule has 0 unspecified atom stereocenters. The average molecular weight is 1320 g/mol. The standard InChI is InChI=1S/C68H112N6O19/c1-25-41(17)54(91-65(84)51(38(11)12)69-56(75)43(19)87-33-46-30-28-27-29-31-46)60(79)73-49(36(7)8)63(82)89-45(21)58(77)71-52(39(13)14)66(85)92-55(42(18)26-2)61(80)74-48(35(5)6)62(81)88-44(20)57(76)70-50(37(9)10)64(83)90-47(32-34(3)4)59(78)72-53(40(15)16)67(86)93-68(22,23)24/h27-31,34-45,47-55H,25-26,32-33H2,1-24H3,(H,69,75)(H,70,76)(H,71,77)(H,72,78)(H,73,79)(H,74,80)/t41-,42-,43+,44-,45-,47+,48+,49+,50-,51-,52-,53+,54+,55+/m0/s1. The maximum Gasteiger partial charge on any atom is 0.329 e. The molecule has 0 aliphatic rings. The van der Waals surface area contributed by atoms with E-state index >= 15 is 0 Å². The van der Waals surface area contributed by atoms with Gasteiger partial charge in [-0.3, -0.25) is 28.8 Å². The molecule has 0 saturated carbocycles. The zero-order valence-corrected chi connectivity index (χ0v) is 59.6. The molecule has 0 aliphatic heterocycles. The van der Waals surface area contributed by atoms with Crippen molar-refractivity contribution in [3.05, 3.63) is 35.9 Å². The number of carbonyl (C=O) groups excluding carboxylic acids is 12. The smallest absolute Gasteiger partial charge is 0.329 e. The van der Waals surface area contributed by atoms with E-state index in [4.69, 9.17) is 33.2 Å². The van der Waals surface area contributed by atoms with Crippen LogP contribution >= 0.6 is 0 Å². The number of nitrogens with one attached hydrogen (secondary N) is 6. The Morgan fingerprint density at radius 1 is 0.366 bits per heavy atom. The van der Waals surface area contributed by atoms with Gasteiger partial charge in [0.25, 0.3) is 29.5 Å². The fourth-order valence-corrected chi connectivity index (χ4v) is 8.89. The number of rotatable bonds is 38. The van der Waals surface area contributed by atoms with E-state index in [1.54, 1.807) is 138 Å². The lowest BCUT2D eigenvalue weighted by Crippen LogP contribution is -2.56. The Morgan fingerprint density at radius 3 is 0.968 bits per heavy atom. The van der Waals surface area contributed by atoms with E-state index in [1.807, 2.05) is 44.2 Å². The molecule has 528 valence electrons. The predicted octanol–water partition coefficient (Wildman–Crippen LogP) is 6.52. The topological polar surface area (TPSA) is 342 Å². The molecule has 1 aromatic rings. The SMILES string of the molecule is CC[C@H](C)[C@@H](OC(=O)[C@@H](NC(=O)[C@H](C)OC(=O)[C@H](NC(=O)[C@H](OC(=O)[C@@H](NC(=O)[C@@H](C)OCc1ccccc1)C(C)C)[C@@H](C)CC)C(C)C)C(C)C)C(=O)N[C@@H](C(=O)O[C@@H](C)C(=O)N[C@H](C(=O)O[C@H](CC(C)C)C(=O)N[C@@H](C(=O)OC(C)(C)C)C(C)C)C(C)C)C(C)C. The first-order valence-corrected chi connectivity index (χ1v) is 32.7. The first kappa shape index (κ1) is 83.8. The number of amides is 6. The van der Waals surface area contributed by atoms with Gasteiger partial charge >= 0.3 is 35.8 Å². The molecule has 0 aliphatic carbocycles. The monoisotopic (exact) mass is 1320 g/mol. The van der Waals surface area contributed by atoms with Crippen LogP contribution in [0.3, 0.4) is 0 Å². The Hall–Kier alpha value is -7.18. The van der Waals surface area contributed by atoms with Crippen molar-refractivity contribution in [3.63, 3.8) is 0 Å². The molecule has 25 heteroatoms. The Balaban J connectivity index is 3.23. The third kappa shape index (κ3) is 28.5. The number of benzene rings is 1. The fourth-order valence-electron chi connectivity index (χ4n) is 8.89. The van der Waals surface area contributed by atoms with Crippen molar-refractivity contribution < 1.29 is 90.7 Å². The molecule has 0 saturated heterocycles. The van der Waals surface area contributed by atoms with Crippen LogP contribution < -0.4 is 31.9 Å². The quantitative estimate of drug-likeness (QED) is 0.0303. The number of hydrogen-bond acceptors (Lipinski definition) is 19. The second-order valence-electron chi connectivity index (χ2n) is 27.6. The minimum Gasteiger partial charge on any atom is -0.458 e. The van der Waals surface area contributed by atoms with E-state index in [2.05, 4.69) is 31.9 Å². The lowest BCUT2D eigenvalue weighted by molar-refractivity contribution is -0.167. The highest BCUT2D eigenvalue weighted by atomic mass is 16.6. The van der Waals surface area contributed by atoms with Crippen molar-refractivity contribution in [1.82, 2.24) is 31.9 Å². The van der Waals surface area contributed by atoms with Gasteiger partial charge in [0.15, 0.2) is 30.5 Å². The number of esters is 6. The molecule has 25 nitrogen and oxygen atoms in total. The van der Waals surface area contributed by atoms with Crippen LogP contribution in [-0.4, -0.2) is 150 Å². The van der Waals surface area contributed by atoms with Crippen molar-refractivity contribution in [2.75, 3.05) is 0 Å². The van der Waals surface area contributed by atoms with Crippen LogP contribution in [0.15, 0.2) is 30.3 Å². The summed E-state index contributed by atoms with van der Waals surface area (Å²) in [6, 6.07) is 1.48. The summed E-state index contributed by atoms with van der Waals surface area (Å²) in [5, 5.41) is 15.7. The highest BCUT2D eigenvalue weighted by Gasteiger charge is 2.42. The minimum absolute atomic E-state index is 0.0740. The highest BCUT2D eigenvalue weighted by molar-refractivity contribution is 5.95. The molecular formula is C68H112N6O19. The van der Waals surface area contributed by atoms with Gasteiger partial charge in [-0.25, -0.2) is 28.8 Å². The summed E-state index contributed by atoms with van der Waals surface area (Å²) in [6.07, 6.45) is -7.60. The lowest BCUT2D eigenvalue weighted by atomic mass is 9.98. The van der Waals surface area contributed by atoms with Crippen LogP contribution in [0.1, 0.15) is 191 Å². The first-order valence-electron chi connectivity index (χ1n) is 32.7. The van der Waals surface area contributed by atoms with Crippen molar-refractivity contribution in [2.45, 2.75) is 271 Å². The lowest BCUT2D eigenvalue weighted by Gasteiger charge is -2.30. The molecule has 6 amide bonds. The van der Waals surface area contributed by atoms with Crippen LogP contribution in [0.5, 0.6) is 0 Å². The van der Waals surface area contributed by atoms with Gasteiger partial charge in [0.2, 0.25) is 5.91 Å². The molecule has 0 aromatic heterocycles. The molecule has 6 N–H and O–H groups in total. The van der Waals surface area contributed by atoms with E-state index in [0.717, 1.165) is 5.56 Å². The first-order chi connectivity index (χ1) is 43.0. The van der Waals surface area contributed by atoms with Gasteiger partial charge in [0.1, 0.15) is 48.0 Å². The summed E-state index contributed by atoms with van der Waals surface area (Å²) < 4.78 is 39.7. The molecular weight excluding hydrogens is 1200 g/mol. The maximum absolute atomic E-state index is 14.2. The van der Waals surface area contributed by atoms with Crippen LogP contribution in [0.2, 0.25) is 0 Å². The Labute approximate surface area is 551 Å². The van der Waals surface area contributed by atoms with E-state index in [1.165, 1.54) is 13.8 Å². The molecule has 14 atom stereocenters. The average Bonchev–Trinajstić information content (AvgIpc) is 0.879. The van der Waals surface area contributed by atoms with Crippen LogP contribution in [0, 0.1) is 53.3 Å². The van der Waals surface area contributed by atoms with Gasteiger partial charge in [-0.2, -0.15) is 0 Å². The molecule has 0 fully saturated rings. The second kappa shape index (κ2) is 39.5. The van der Waals surface area contributed by atoms with Crippen molar-refractivity contribution >= 4 is 71.3 Å². The Morgan fingerprint density at radius 2 is 0.656 bits per heavy atom. The third-order valence-electron chi connectivity index (χ3n) is 15.3. The zero-order chi connectivity index (χ0) is 71.7. The van der Waals surface area contributed by atoms with Gasteiger partial charge in [0.05, 0.1) is 6.61 Å². The number of ether oxygens (including phenoxy) is 7. The molecule has 0 radical (unpaired) electrons. The summed E-state index contributed by atoms with van der Waals surface area (Å²) in [6.45, 7) is 39.5. The maximum atomic E-state index is 14.2. The van der Waals surface area contributed by atoms with Crippen molar-refractivity contribution in [1.29, 1.82) is 0 Å². The molecule has 93 heavy (non-hydrogen) atoms. The number of hydrogen-bond donors (Lipinski definition) is 6. The van der Waals surface area contributed by atoms with Crippen LogP contribution in [0.25, 0.3) is 0 Å². The van der Waals surface area contributed by atoms with Gasteiger partial charge in [-0.1, -0.05) is 155 Å². The summed E-state index contributed by atoms with van der Waals surface area (Å²) in [7, 11) is 0. The molecule has 1 rings (SSSR count). The highest BCUT2D eigenvalue weighted by Crippen LogP contribution is 2.22. The van der Waals surface area contributed by atoms with Gasteiger partial charge < -0.3 is 65.1 Å². The van der Waals surface area contributed by atoms with E-state index in [9.17, 15) is 57.5 Å².